The Hall–Kier alpha value is -1.69. The van der Waals surface area contributed by atoms with Gasteiger partial charge in [-0.25, -0.2) is 4.98 Å². The fraction of sp³-hybridized carbons (Fsp3) is 0.545. The van der Waals surface area contributed by atoms with Crippen molar-refractivity contribution in [2.45, 2.75) is 12.8 Å². The zero-order valence-corrected chi connectivity index (χ0v) is 9.63. The minimum atomic E-state index is 0.789. The van der Waals surface area contributed by atoms with Crippen LogP contribution in [0.3, 0.4) is 0 Å². The van der Waals surface area contributed by atoms with Crippen LogP contribution in [0, 0.1) is 5.92 Å². The van der Waals surface area contributed by atoms with Crippen molar-refractivity contribution in [1.82, 2.24) is 24.9 Å². The van der Waals surface area contributed by atoms with Gasteiger partial charge in [-0.15, -0.1) is 10.2 Å². The van der Waals surface area contributed by atoms with Gasteiger partial charge in [0.1, 0.15) is 6.33 Å². The lowest BCUT2D eigenvalue weighted by Crippen LogP contribution is -2.13. The molecule has 17 heavy (non-hydrogen) atoms. The number of hydrogen-bond donors (Lipinski definition) is 2. The van der Waals surface area contributed by atoms with Gasteiger partial charge >= 0.3 is 0 Å². The molecule has 2 aromatic rings. The summed E-state index contributed by atoms with van der Waals surface area (Å²) in [6.07, 6.45) is 7.74. The van der Waals surface area contributed by atoms with E-state index in [1.54, 1.807) is 12.5 Å². The summed E-state index contributed by atoms with van der Waals surface area (Å²) < 4.78 is 1.87. The molecule has 1 aliphatic rings. The Morgan fingerprint density at radius 1 is 1.53 bits per heavy atom. The Labute approximate surface area is 99.5 Å². The topological polar surface area (TPSA) is 67.1 Å². The van der Waals surface area contributed by atoms with Crippen LogP contribution < -0.4 is 10.6 Å². The van der Waals surface area contributed by atoms with Gasteiger partial charge in [-0.05, 0) is 31.8 Å². The number of aromatic nitrogens is 4. The zero-order valence-electron chi connectivity index (χ0n) is 9.63. The second kappa shape index (κ2) is 4.67. The van der Waals surface area contributed by atoms with Gasteiger partial charge in [0.05, 0.1) is 0 Å². The van der Waals surface area contributed by atoms with E-state index in [-0.39, 0.29) is 0 Å². The number of fused-ring (bicyclic) bond motifs is 1. The largest absolute Gasteiger partial charge is 0.367 e. The molecule has 3 rings (SSSR count). The standard InChI is InChI=1S/C11H16N6/c1-3-12-7-9(1)2-4-13-10-11-16-15-8-17(11)6-5-14-10/h5-6,8-9,12H,1-4,7H2,(H,13,14). The van der Waals surface area contributed by atoms with Gasteiger partial charge in [-0.2, -0.15) is 0 Å². The van der Waals surface area contributed by atoms with Crippen LogP contribution in [-0.2, 0) is 0 Å². The molecular formula is C11H16N6. The maximum atomic E-state index is 4.29. The van der Waals surface area contributed by atoms with Crippen LogP contribution in [0.5, 0.6) is 0 Å². The molecular weight excluding hydrogens is 216 g/mol. The van der Waals surface area contributed by atoms with E-state index >= 15 is 0 Å². The van der Waals surface area contributed by atoms with E-state index in [4.69, 9.17) is 0 Å². The summed E-state index contributed by atoms with van der Waals surface area (Å²) in [4.78, 5) is 4.29. The third-order valence-electron chi connectivity index (χ3n) is 3.22. The number of rotatable bonds is 4. The molecule has 90 valence electrons. The summed E-state index contributed by atoms with van der Waals surface area (Å²) in [5.41, 5.74) is 0.789. The molecule has 0 aliphatic carbocycles. The maximum Gasteiger partial charge on any atom is 0.203 e. The van der Waals surface area contributed by atoms with E-state index in [0.717, 1.165) is 37.0 Å². The molecule has 0 amide bonds. The predicted molar refractivity (Wildman–Crippen MR) is 64.9 cm³/mol. The fourth-order valence-corrected chi connectivity index (χ4v) is 2.24. The summed E-state index contributed by atoms with van der Waals surface area (Å²) in [6.45, 7) is 3.23. The van der Waals surface area contributed by atoms with Crippen LogP contribution in [0.2, 0.25) is 0 Å². The average molecular weight is 232 g/mol. The average Bonchev–Trinajstić information content (AvgIpc) is 2.99. The van der Waals surface area contributed by atoms with Gasteiger partial charge < -0.3 is 10.6 Å². The number of nitrogens with one attached hydrogen (secondary N) is 2. The highest BCUT2D eigenvalue weighted by Crippen LogP contribution is 2.14. The van der Waals surface area contributed by atoms with Crippen LogP contribution in [0.1, 0.15) is 12.8 Å². The van der Waals surface area contributed by atoms with Crippen molar-refractivity contribution in [2.24, 2.45) is 5.92 Å². The SMILES string of the molecule is c1cn2cnnc2c(NCCC2CCNC2)n1. The van der Waals surface area contributed by atoms with Crippen molar-refractivity contribution in [3.05, 3.63) is 18.7 Å². The smallest absolute Gasteiger partial charge is 0.203 e. The normalized spacial score (nSPS) is 19.9. The first-order valence-corrected chi connectivity index (χ1v) is 6.02. The minimum Gasteiger partial charge on any atom is -0.367 e. The van der Waals surface area contributed by atoms with Crippen LogP contribution in [0.4, 0.5) is 5.82 Å². The molecule has 0 spiro atoms. The van der Waals surface area contributed by atoms with E-state index in [1.165, 1.54) is 12.8 Å². The van der Waals surface area contributed by atoms with Crippen LogP contribution in [0.15, 0.2) is 18.7 Å². The second-order valence-electron chi connectivity index (χ2n) is 4.41. The molecule has 1 saturated heterocycles. The molecule has 1 aliphatic heterocycles. The van der Waals surface area contributed by atoms with Gasteiger partial charge in [-0.1, -0.05) is 0 Å². The molecule has 6 nitrogen and oxygen atoms in total. The Balaban J connectivity index is 1.62. The molecule has 2 aromatic heterocycles. The lowest BCUT2D eigenvalue weighted by molar-refractivity contribution is 0.549. The lowest BCUT2D eigenvalue weighted by atomic mass is 10.1. The van der Waals surface area contributed by atoms with Crippen LogP contribution >= 0.6 is 0 Å². The van der Waals surface area contributed by atoms with Gasteiger partial charge in [0, 0.05) is 18.9 Å². The molecule has 0 saturated carbocycles. The summed E-state index contributed by atoms with van der Waals surface area (Å²) in [7, 11) is 0. The first-order chi connectivity index (χ1) is 8.43. The molecule has 2 N–H and O–H groups in total. The first-order valence-electron chi connectivity index (χ1n) is 6.02. The third-order valence-corrected chi connectivity index (χ3v) is 3.22. The van der Waals surface area contributed by atoms with Gasteiger partial charge in [0.25, 0.3) is 0 Å². The Kier molecular flexibility index (Phi) is 2.87. The first kappa shape index (κ1) is 10.5. The van der Waals surface area contributed by atoms with Crippen LogP contribution in [0.25, 0.3) is 5.65 Å². The van der Waals surface area contributed by atoms with Gasteiger partial charge in [0.15, 0.2) is 5.82 Å². The van der Waals surface area contributed by atoms with E-state index in [9.17, 15) is 0 Å². The highest BCUT2D eigenvalue weighted by Gasteiger charge is 2.14. The molecule has 3 heterocycles. The van der Waals surface area contributed by atoms with Crippen molar-refractivity contribution in [3.63, 3.8) is 0 Å². The Morgan fingerprint density at radius 3 is 3.41 bits per heavy atom. The minimum absolute atomic E-state index is 0.789. The summed E-state index contributed by atoms with van der Waals surface area (Å²) in [5.74, 6) is 1.61. The van der Waals surface area contributed by atoms with Crippen molar-refractivity contribution in [1.29, 1.82) is 0 Å². The summed E-state index contributed by atoms with van der Waals surface area (Å²) in [6, 6.07) is 0. The lowest BCUT2D eigenvalue weighted by Gasteiger charge is -2.09. The van der Waals surface area contributed by atoms with Crippen molar-refractivity contribution >= 4 is 11.5 Å². The Morgan fingerprint density at radius 2 is 2.53 bits per heavy atom. The summed E-state index contributed by atoms with van der Waals surface area (Å²) in [5, 5.41) is 14.6. The number of anilines is 1. The van der Waals surface area contributed by atoms with E-state index in [0.29, 0.717) is 0 Å². The highest BCUT2D eigenvalue weighted by atomic mass is 15.2. The third kappa shape index (κ3) is 2.21. The van der Waals surface area contributed by atoms with Crippen molar-refractivity contribution in [2.75, 3.05) is 25.0 Å². The number of hydrogen-bond acceptors (Lipinski definition) is 5. The van der Waals surface area contributed by atoms with Crippen molar-refractivity contribution < 1.29 is 0 Å². The van der Waals surface area contributed by atoms with E-state index in [2.05, 4.69) is 25.8 Å². The van der Waals surface area contributed by atoms with E-state index in [1.807, 2.05) is 10.6 Å². The predicted octanol–water partition coefficient (Wildman–Crippen LogP) is 0.536. The molecule has 0 aromatic carbocycles. The monoisotopic (exact) mass is 232 g/mol. The Bertz CT molecular complexity index is 487. The fourth-order valence-electron chi connectivity index (χ4n) is 2.24. The quantitative estimate of drug-likeness (QED) is 0.805. The van der Waals surface area contributed by atoms with Crippen molar-refractivity contribution in [3.8, 4) is 0 Å². The molecule has 1 fully saturated rings. The summed E-state index contributed by atoms with van der Waals surface area (Å²) >= 11 is 0. The molecule has 1 unspecified atom stereocenters. The van der Waals surface area contributed by atoms with Gasteiger partial charge in [-0.3, -0.25) is 4.40 Å². The second-order valence-corrected chi connectivity index (χ2v) is 4.41. The highest BCUT2D eigenvalue weighted by molar-refractivity contribution is 5.61. The van der Waals surface area contributed by atoms with Gasteiger partial charge in [0.2, 0.25) is 5.65 Å². The number of nitrogens with zero attached hydrogens (tertiary/aromatic N) is 4. The maximum absolute atomic E-state index is 4.29. The van der Waals surface area contributed by atoms with E-state index < -0.39 is 0 Å². The molecule has 0 bridgehead atoms. The molecule has 1 atom stereocenters. The zero-order chi connectivity index (χ0) is 11.5. The molecule has 6 heteroatoms. The van der Waals surface area contributed by atoms with Crippen LogP contribution in [-0.4, -0.2) is 39.2 Å². The molecule has 0 radical (unpaired) electrons.